The Labute approximate surface area is 124 Å². The van der Waals surface area contributed by atoms with Crippen LogP contribution in [0, 0.1) is 5.92 Å². The molecule has 118 valence electrons. The highest BCUT2D eigenvalue weighted by atomic mass is 16.3. The second-order valence-corrected chi connectivity index (χ2v) is 6.27. The Morgan fingerprint density at radius 3 is 2.71 bits per heavy atom. The van der Waals surface area contributed by atoms with E-state index in [2.05, 4.69) is 5.32 Å². The van der Waals surface area contributed by atoms with E-state index >= 15 is 0 Å². The molecule has 0 aromatic rings. The minimum Gasteiger partial charge on any atom is -0.396 e. The fourth-order valence-electron chi connectivity index (χ4n) is 2.86. The first-order valence-corrected chi connectivity index (χ1v) is 7.38. The van der Waals surface area contributed by atoms with Crippen LogP contribution in [-0.2, 0) is 9.59 Å². The molecule has 7 nitrogen and oxygen atoms in total. The highest BCUT2D eigenvalue weighted by Crippen LogP contribution is 2.21. The van der Waals surface area contributed by atoms with Gasteiger partial charge in [0, 0.05) is 32.7 Å². The van der Waals surface area contributed by atoms with Gasteiger partial charge in [0.25, 0.3) is 5.91 Å². The van der Waals surface area contributed by atoms with Gasteiger partial charge in [0.2, 0.25) is 5.91 Å². The number of aliphatic hydroxyl groups excluding tert-OH is 1. The standard InChI is InChI=1S/C14H23N3O4/c1-14(2)12(20)17(13(21)15-14)7-4-11(19)16-6-3-10(9-16)5-8-18/h10,18H,3-9H2,1-2H3,(H,15,21). The van der Waals surface area contributed by atoms with E-state index < -0.39 is 11.6 Å². The predicted molar refractivity (Wildman–Crippen MR) is 75.3 cm³/mol. The van der Waals surface area contributed by atoms with Gasteiger partial charge in [-0.2, -0.15) is 0 Å². The maximum Gasteiger partial charge on any atom is 0.325 e. The van der Waals surface area contributed by atoms with Crippen LogP contribution in [0.3, 0.4) is 0 Å². The molecule has 7 heteroatoms. The van der Waals surface area contributed by atoms with E-state index in [-0.39, 0.29) is 31.4 Å². The molecule has 1 unspecified atom stereocenters. The molecule has 2 heterocycles. The van der Waals surface area contributed by atoms with Crippen molar-refractivity contribution in [3.05, 3.63) is 0 Å². The van der Waals surface area contributed by atoms with E-state index in [1.165, 1.54) is 0 Å². The van der Waals surface area contributed by atoms with Gasteiger partial charge < -0.3 is 15.3 Å². The number of nitrogens with zero attached hydrogens (tertiary/aromatic N) is 2. The van der Waals surface area contributed by atoms with Crippen molar-refractivity contribution >= 4 is 17.8 Å². The molecule has 0 aliphatic carbocycles. The molecule has 2 aliphatic heterocycles. The lowest BCUT2D eigenvalue weighted by Gasteiger charge is -2.19. The Bertz CT molecular complexity index is 450. The molecule has 2 fully saturated rings. The Morgan fingerprint density at radius 2 is 2.14 bits per heavy atom. The van der Waals surface area contributed by atoms with Crippen LogP contribution in [0.15, 0.2) is 0 Å². The summed E-state index contributed by atoms with van der Waals surface area (Å²) in [6, 6.07) is -0.433. The second-order valence-electron chi connectivity index (χ2n) is 6.27. The fraction of sp³-hybridized carbons (Fsp3) is 0.786. The van der Waals surface area contributed by atoms with E-state index in [0.29, 0.717) is 25.4 Å². The number of hydrogen-bond donors (Lipinski definition) is 2. The lowest BCUT2D eigenvalue weighted by Crippen LogP contribution is -2.41. The number of rotatable bonds is 5. The Morgan fingerprint density at radius 1 is 1.43 bits per heavy atom. The zero-order chi connectivity index (χ0) is 15.6. The lowest BCUT2D eigenvalue weighted by molar-refractivity contribution is -0.132. The highest BCUT2D eigenvalue weighted by Gasteiger charge is 2.44. The highest BCUT2D eigenvalue weighted by molar-refractivity contribution is 6.06. The van der Waals surface area contributed by atoms with Crippen molar-refractivity contribution in [3.8, 4) is 0 Å². The van der Waals surface area contributed by atoms with Gasteiger partial charge in [0.05, 0.1) is 0 Å². The molecule has 2 saturated heterocycles. The summed E-state index contributed by atoms with van der Waals surface area (Å²) in [6.45, 7) is 4.91. The molecule has 0 bridgehead atoms. The molecular weight excluding hydrogens is 274 g/mol. The van der Waals surface area contributed by atoms with Gasteiger partial charge in [-0.05, 0) is 32.6 Å². The molecule has 21 heavy (non-hydrogen) atoms. The number of carbonyl (C=O) groups is 3. The van der Waals surface area contributed by atoms with Gasteiger partial charge in [-0.1, -0.05) is 0 Å². The minimum absolute atomic E-state index is 0.0410. The third-order valence-corrected chi connectivity index (χ3v) is 4.17. The average molecular weight is 297 g/mol. The van der Waals surface area contributed by atoms with Crippen LogP contribution in [0.25, 0.3) is 0 Å². The average Bonchev–Trinajstić information content (AvgIpc) is 2.93. The number of amides is 4. The number of likely N-dealkylation sites (tertiary alicyclic amines) is 1. The normalized spacial score (nSPS) is 24.6. The van der Waals surface area contributed by atoms with Gasteiger partial charge in [0.1, 0.15) is 5.54 Å². The molecule has 0 aromatic heterocycles. The summed E-state index contributed by atoms with van der Waals surface area (Å²) in [4.78, 5) is 38.7. The smallest absolute Gasteiger partial charge is 0.325 e. The van der Waals surface area contributed by atoms with Crippen LogP contribution in [0.1, 0.15) is 33.1 Å². The Balaban J connectivity index is 1.82. The lowest BCUT2D eigenvalue weighted by atomic mass is 10.1. The Hall–Kier alpha value is -1.63. The van der Waals surface area contributed by atoms with E-state index in [1.54, 1.807) is 18.7 Å². The molecule has 0 radical (unpaired) electrons. The zero-order valence-electron chi connectivity index (χ0n) is 12.6. The summed E-state index contributed by atoms with van der Waals surface area (Å²) < 4.78 is 0. The van der Waals surface area contributed by atoms with Crippen molar-refractivity contribution in [3.63, 3.8) is 0 Å². The largest absolute Gasteiger partial charge is 0.396 e. The number of carbonyl (C=O) groups excluding carboxylic acids is 3. The van der Waals surface area contributed by atoms with Crippen LogP contribution < -0.4 is 5.32 Å². The molecule has 0 aromatic carbocycles. The van der Waals surface area contributed by atoms with Crippen molar-refractivity contribution < 1.29 is 19.5 Å². The van der Waals surface area contributed by atoms with Gasteiger partial charge in [-0.3, -0.25) is 14.5 Å². The monoisotopic (exact) mass is 297 g/mol. The summed E-state index contributed by atoms with van der Waals surface area (Å²) in [5, 5.41) is 11.5. The first-order valence-electron chi connectivity index (χ1n) is 7.38. The second kappa shape index (κ2) is 6.01. The van der Waals surface area contributed by atoms with Crippen LogP contribution in [0.5, 0.6) is 0 Å². The number of urea groups is 1. The molecular formula is C14H23N3O4. The summed E-state index contributed by atoms with van der Waals surface area (Å²) in [6.07, 6.45) is 1.77. The van der Waals surface area contributed by atoms with Gasteiger partial charge >= 0.3 is 6.03 Å². The van der Waals surface area contributed by atoms with E-state index in [4.69, 9.17) is 5.11 Å². The van der Waals surface area contributed by atoms with Gasteiger partial charge in [0.15, 0.2) is 0 Å². The summed E-state index contributed by atoms with van der Waals surface area (Å²) in [7, 11) is 0. The number of aliphatic hydroxyl groups is 1. The van der Waals surface area contributed by atoms with Crippen LogP contribution >= 0.6 is 0 Å². The molecule has 0 saturated carbocycles. The zero-order valence-corrected chi connectivity index (χ0v) is 12.6. The molecule has 1 atom stereocenters. The van der Waals surface area contributed by atoms with E-state index in [9.17, 15) is 14.4 Å². The SMILES string of the molecule is CC1(C)NC(=O)N(CCC(=O)N2CCC(CCO)C2)C1=O. The molecule has 0 spiro atoms. The first kappa shape index (κ1) is 15.8. The van der Waals surface area contributed by atoms with Crippen molar-refractivity contribution in [2.75, 3.05) is 26.2 Å². The van der Waals surface area contributed by atoms with Crippen LogP contribution in [0.4, 0.5) is 4.79 Å². The summed E-state index contributed by atoms with van der Waals surface area (Å²) in [5.41, 5.74) is -0.889. The quantitative estimate of drug-likeness (QED) is 0.696. The maximum atomic E-state index is 12.1. The fourth-order valence-corrected chi connectivity index (χ4v) is 2.86. The third-order valence-electron chi connectivity index (χ3n) is 4.17. The maximum absolute atomic E-state index is 12.1. The number of nitrogens with one attached hydrogen (secondary N) is 1. The van der Waals surface area contributed by atoms with Crippen LogP contribution in [0.2, 0.25) is 0 Å². The predicted octanol–water partition coefficient (Wildman–Crippen LogP) is -0.0622. The number of imide groups is 1. The third kappa shape index (κ3) is 3.34. The van der Waals surface area contributed by atoms with Crippen molar-refractivity contribution in [2.45, 2.75) is 38.6 Å². The summed E-state index contributed by atoms with van der Waals surface area (Å²) >= 11 is 0. The van der Waals surface area contributed by atoms with Gasteiger partial charge in [-0.25, -0.2) is 4.79 Å². The molecule has 2 rings (SSSR count). The first-order chi connectivity index (χ1) is 9.85. The van der Waals surface area contributed by atoms with Gasteiger partial charge in [-0.15, -0.1) is 0 Å². The van der Waals surface area contributed by atoms with Crippen LogP contribution in [-0.4, -0.2) is 64.5 Å². The van der Waals surface area contributed by atoms with E-state index in [0.717, 1.165) is 11.3 Å². The topological polar surface area (TPSA) is 90.0 Å². The molecule has 4 amide bonds. The van der Waals surface area contributed by atoms with Crippen molar-refractivity contribution in [1.82, 2.24) is 15.1 Å². The summed E-state index contributed by atoms with van der Waals surface area (Å²) in [5.74, 6) is 0.0234. The minimum atomic E-state index is -0.889. The number of hydrogen-bond acceptors (Lipinski definition) is 4. The van der Waals surface area contributed by atoms with Crippen molar-refractivity contribution in [1.29, 1.82) is 0 Å². The van der Waals surface area contributed by atoms with Crippen molar-refractivity contribution in [2.24, 2.45) is 5.92 Å². The molecule has 2 aliphatic rings. The Kier molecular flexibility index (Phi) is 4.51. The van der Waals surface area contributed by atoms with E-state index in [1.807, 2.05) is 0 Å². The molecule has 2 N–H and O–H groups in total.